The summed E-state index contributed by atoms with van der Waals surface area (Å²) < 4.78 is 12.8. The van der Waals surface area contributed by atoms with Gasteiger partial charge >= 0.3 is 13.6 Å². The molecule has 1 heterocycles. The van der Waals surface area contributed by atoms with Crippen LogP contribution in [-0.2, 0) is 22.3 Å². The molecule has 0 aliphatic heterocycles. The number of carboxylic acid groups (broad SMARTS) is 1. The zero-order chi connectivity index (χ0) is 14.7. The fourth-order valence-corrected chi connectivity index (χ4v) is 2.39. The van der Waals surface area contributed by atoms with Crippen LogP contribution in [0.1, 0.15) is 5.69 Å². The summed E-state index contributed by atoms with van der Waals surface area (Å²) in [5.41, 5.74) is 0.296. The number of thiol groups is 1. The highest BCUT2D eigenvalue weighted by Gasteiger charge is 2.54. The van der Waals surface area contributed by atoms with Gasteiger partial charge in [0.2, 0.25) is 0 Å². The monoisotopic (exact) mass is 343 g/mol. The predicted molar refractivity (Wildman–Crippen MR) is 68.8 cm³/mol. The molecule has 7 nitrogen and oxygen atoms in total. The molecule has 0 amide bonds. The molecule has 1 unspecified atom stereocenters. The van der Waals surface area contributed by atoms with Crippen LogP contribution in [0.3, 0.4) is 0 Å². The van der Waals surface area contributed by atoms with Gasteiger partial charge in [-0.1, -0.05) is 6.07 Å². The Morgan fingerprint density at radius 2 is 2.00 bits per heavy atom. The van der Waals surface area contributed by atoms with E-state index in [4.69, 9.17) is 14.9 Å². The number of aromatic nitrogens is 1. The van der Waals surface area contributed by atoms with Gasteiger partial charge in [0, 0.05) is 17.9 Å². The maximum Gasteiger partial charge on any atom is 0.369 e. The van der Waals surface area contributed by atoms with Crippen molar-refractivity contribution in [2.24, 2.45) is 0 Å². The molecule has 0 fully saturated rings. The number of rotatable bonds is 6. The zero-order valence-corrected chi connectivity index (χ0v) is 12.8. The van der Waals surface area contributed by atoms with E-state index in [0.717, 1.165) is 0 Å². The number of aryl methyl sites for hydroxylation is 1. The first kappa shape index (κ1) is 19.4. The summed E-state index contributed by atoms with van der Waals surface area (Å²) in [6, 6.07) is 4.77. The molecular weight excluding hydrogens is 329 g/mol. The number of pyridine rings is 1. The van der Waals surface area contributed by atoms with Crippen LogP contribution in [0.25, 0.3) is 0 Å². The van der Waals surface area contributed by atoms with E-state index in [1.807, 2.05) is 0 Å². The number of carbonyl (C=O) groups is 1. The van der Waals surface area contributed by atoms with Gasteiger partial charge in [0.05, 0.1) is 6.42 Å². The molecule has 0 aliphatic rings. The molecule has 0 saturated heterocycles. The Hall–Kier alpha value is -0.630. The highest BCUT2D eigenvalue weighted by atomic mass is 35.5. The van der Waals surface area contributed by atoms with E-state index in [1.54, 1.807) is 22.9 Å². The molecule has 1 rings (SSSR count). The van der Waals surface area contributed by atoms with Crippen molar-refractivity contribution >= 4 is 26.2 Å². The van der Waals surface area contributed by atoms with Crippen LogP contribution >= 0.6 is 20.2 Å². The van der Waals surface area contributed by atoms with E-state index >= 15 is 0 Å². The number of halogens is 1. The van der Waals surface area contributed by atoms with Crippen molar-refractivity contribution in [1.82, 2.24) is 0 Å². The Balaban J connectivity index is 0.00000361. The maximum atomic E-state index is 11.2. The summed E-state index contributed by atoms with van der Waals surface area (Å²) in [6.07, 6.45) is 0.925. The zero-order valence-electron chi connectivity index (χ0n) is 10.3. The van der Waals surface area contributed by atoms with E-state index in [0.29, 0.717) is 18.0 Å². The van der Waals surface area contributed by atoms with E-state index < -0.39 is 25.3 Å². The van der Waals surface area contributed by atoms with Crippen molar-refractivity contribution in [3.8, 4) is 0 Å². The second-order valence-electron chi connectivity index (χ2n) is 3.95. The van der Waals surface area contributed by atoms with Gasteiger partial charge in [-0.15, -0.1) is 0 Å². The van der Waals surface area contributed by atoms with Crippen molar-refractivity contribution in [1.29, 1.82) is 0 Å². The molecule has 0 radical (unpaired) electrons. The standard InChI is InChI=1S/C10H14NO6PS.ClH/c12-9(13)10(14,18(15,16)17)7-8-3-1-2-4-11(8)5-6-19;/h1-4,14H,5-7H2,(H3-,12,13,15,16,17,19);1H. The smallest absolute Gasteiger partial charge is 0.369 e. The van der Waals surface area contributed by atoms with E-state index in [1.165, 1.54) is 6.07 Å². The van der Waals surface area contributed by atoms with Crippen molar-refractivity contribution in [3.63, 3.8) is 0 Å². The van der Waals surface area contributed by atoms with Crippen molar-refractivity contribution < 1.29 is 46.3 Å². The SMILES string of the molecule is O=C(O)C(O)(Cc1cccc[n+]1CCS)P(=O)(O)O.[Cl-]. The van der Waals surface area contributed by atoms with Gasteiger partial charge in [0.15, 0.2) is 18.4 Å². The second kappa shape index (κ2) is 7.40. The molecular formula is C10H15ClNO6PS. The van der Waals surface area contributed by atoms with Crippen LogP contribution < -0.4 is 17.0 Å². The minimum atomic E-state index is -5.22. The third-order valence-corrected chi connectivity index (χ3v) is 4.14. The van der Waals surface area contributed by atoms with Gasteiger partial charge in [-0.2, -0.15) is 12.6 Å². The lowest BCUT2D eigenvalue weighted by atomic mass is 10.1. The Morgan fingerprint density at radius 1 is 1.40 bits per heavy atom. The van der Waals surface area contributed by atoms with Crippen LogP contribution in [0.5, 0.6) is 0 Å². The average molecular weight is 344 g/mol. The quantitative estimate of drug-likeness (QED) is 0.207. The van der Waals surface area contributed by atoms with Crippen LogP contribution in [-0.4, -0.2) is 37.1 Å². The maximum absolute atomic E-state index is 11.2. The molecule has 1 aromatic rings. The summed E-state index contributed by atoms with van der Waals surface area (Å²) in [4.78, 5) is 29.1. The minimum absolute atomic E-state index is 0. The lowest BCUT2D eigenvalue weighted by Crippen LogP contribution is -3.00. The van der Waals surface area contributed by atoms with Gasteiger partial charge in [0.1, 0.15) is 0 Å². The van der Waals surface area contributed by atoms with Crippen LogP contribution in [0.2, 0.25) is 0 Å². The lowest BCUT2D eigenvalue weighted by Gasteiger charge is -2.23. The first-order chi connectivity index (χ1) is 8.72. The summed E-state index contributed by atoms with van der Waals surface area (Å²) in [6.45, 7) is 0.427. The Labute approximate surface area is 127 Å². The van der Waals surface area contributed by atoms with Crippen molar-refractivity contribution in [2.45, 2.75) is 18.3 Å². The number of nitrogens with zero attached hydrogens (tertiary/aromatic N) is 1. The molecule has 20 heavy (non-hydrogen) atoms. The molecule has 0 aromatic carbocycles. The number of hydrogen-bond acceptors (Lipinski definition) is 4. The fourth-order valence-electron chi connectivity index (χ4n) is 1.55. The Bertz CT molecular complexity index is 524. The predicted octanol–water partition coefficient (Wildman–Crippen LogP) is -3.60. The summed E-state index contributed by atoms with van der Waals surface area (Å²) in [7, 11) is -5.22. The summed E-state index contributed by atoms with van der Waals surface area (Å²) in [5, 5.41) is 15.5. The number of carboxylic acids is 1. The van der Waals surface area contributed by atoms with Gasteiger partial charge in [-0.3, -0.25) is 4.57 Å². The molecule has 1 aromatic heterocycles. The topological polar surface area (TPSA) is 119 Å². The van der Waals surface area contributed by atoms with Gasteiger partial charge in [-0.05, 0) is 0 Å². The third-order valence-electron chi connectivity index (χ3n) is 2.63. The molecule has 0 saturated carbocycles. The van der Waals surface area contributed by atoms with E-state index in [2.05, 4.69) is 12.6 Å². The second-order valence-corrected chi connectivity index (χ2v) is 6.23. The average Bonchev–Trinajstić information content (AvgIpc) is 2.30. The highest BCUT2D eigenvalue weighted by Crippen LogP contribution is 2.50. The van der Waals surface area contributed by atoms with Crippen LogP contribution in [0, 0.1) is 0 Å². The lowest BCUT2D eigenvalue weighted by molar-refractivity contribution is -0.700. The van der Waals surface area contributed by atoms with E-state index in [9.17, 15) is 14.5 Å². The molecule has 0 aliphatic carbocycles. The van der Waals surface area contributed by atoms with Crippen LogP contribution in [0.4, 0.5) is 0 Å². The summed E-state index contributed by atoms with van der Waals surface area (Å²) >= 11 is 4.04. The first-order valence-corrected chi connectivity index (χ1v) is 7.56. The number of aliphatic carboxylic acids is 1. The Morgan fingerprint density at radius 3 is 2.45 bits per heavy atom. The normalized spacial score (nSPS) is 14.2. The van der Waals surface area contributed by atoms with Crippen molar-refractivity contribution in [2.75, 3.05) is 5.75 Å². The fraction of sp³-hybridized carbons (Fsp3) is 0.400. The number of aliphatic hydroxyl groups is 1. The molecule has 1 atom stereocenters. The molecule has 114 valence electrons. The summed E-state index contributed by atoms with van der Waals surface area (Å²) in [5.74, 6) is -1.49. The largest absolute Gasteiger partial charge is 1.00 e. The molecule has 4 N–H and O–H groups in total. The first-order valence-electron chi connectivity index (χ1n) is 5.32. The molecule has 0 spiro atoms. The van der Waals surface area contributed by atoms with Gasteiger partial charge in [0.25, 0.3) is 5.34 Å². The van der Waals surface area contributed by atoms with E-state index in [-0.39, 0.29) is 12.4 Å². The van der Waals surface area contributed by atoms with Gasteiger partial charge < -0.3 is 32.4 Å². The van der Waals surface area contributed by atoms with Crippen molar-refractivity contribution in [3.05, 3.63) is 30.1 Å². The van der Waals surface area contributed by atoms with Crippen LogP contribution in [0.15, 0.2) is 24.4 Å². The number of hydrogen-bond donors (Lipinski definition) is 5. The highest BCUT2D eigenvalue weighted by molar-refractivity contribution is 7.80. The molecule has 0 bridgehead atoms. The molecule has 10 heteroatoms. The third kappa shape index (κ3) is 4.18. The Kier molecular flexibility index (Phi) is 7.17. The van der Waals surface area contributed by atoms with Gasteiger partial charge in [-0.25, -0.2) is 9.36 Å². The minimum Gasteiger partial charge on any atom is -1.00 e.